The number of carbonyl (C=O) groups is 1. The van der Waals surface area contributed by atoms with Gasteiger partial charge in [-0.15, -0.1) is 11.3 Å². The quantitative estimate of drug-likeness (QED) is 0.868. The average molecular weight is 309 g/mol. The highest BCUT2D eigenvalue weighted by Gasteiger charge is 2.24. The minimum absolute atomic E-state index is 0.124. The Bertz CT molecular complexity index is 591. The Morgan fingerprint density at radius 2 is 2.19 bits per heavy atom. The van der Waals surface area contributed by atoms with Crippen LogP contribution in [0.1, 0.15) is 10.5 Å². The lowest BCUT2D eigenvalue weighted by Crippen LogP contribution is -2.49. The molecule has 1 saturated heterocycles. The maximum absolute atomic E-state index is 12.4. The molecule has 0 radical (unpaired) electrons. The Morgan fingerprint density at radius 3 is 2.86 bits per heavy atom. The second kappa shape index (κ2) is 6.36. The first-order chi connectivity index (χ1) is 10.3. The molecule has 0 bridgehead atoms. The van der Waals surface area contributed by atoms with Crippen molar-refractivity contribution in [1.82, 2.24) is 15.0 Å². The summed E-state index contributed by atoms with van der Waals surface area (Å²) in [4.78, 5) is 17.1. The van der Waals surface area contributed by atoms with Crippen LogP contribution in [0.2, 0.25) is 0 Å². The third kappa shape index (κ3) is 3.14. The SMILES string of the molecule is O=C(c1cc(-c2cccs2)on1)N1CCN(CCF)CC1. The molecule has 7 heteroatoms. The zero-order chi connectivity index (χ0) is 14.7. The Kier molecular flexibility index (Phi) is 4.31. The molecule has 3 heterocycles. The topological polar surface area (TPSA) is 49.6 Å². The summed E-state index contributed by atoms with van der Waals surface area (Å²) in [7, 11) is 0. The summed E-state index contributed by atoms with van der Waals surface area (Å²) < 4.78 is 17.5. The van der Waals surface area contributed by atoms with Crippen LogP contribution in [0.5, 0.6) is 0 Å². The van der Waals surface area contributed by atoms with Gasteiger partial charge in [0.15, 0.2) is 11.5 Å². The highest BCUT2D eigenvalue weighted by Crippen LogP contribution is 2.25. The number of amides is 1. The van der Waals surface area contributed by atoms with E-state index in [9.17, 15) is 9.18 Å². The van der Waals surface area contributed by atoms with Crippen LogP contribution >= 0.6 is 11.3 Å². The molecule has 3 rings (SSSR count). The molecule has 21 heavy (non-hydrogen) atoms. The van der Waals surface area contributed by atoms with Crippen LogP contribution in [0.3, 0.4) is 0 Å². The summed E-state index contributed by atoms with van der Waals surface area (Å²) in [5, 5.41) is 5.82. The molecule has 112 valence electrons. The van der Waals surface area contributed by atoms with Gasteiger partial charge < -0.3 is 9.42 Å². The van der Waals surface area contributed by atoms with E-state index in [1.807, 2.05) is 22.4 Å². The molecule has 1 fully saturated rings. The van der Waals surface area contributed by atoms with Crippen molar-refractivity contribution < 1.29 is 13.7 Å². The Labute approximate surface area is 125 Å². The summed E-state index contributed by atoms with van der Waals surface area (Å²) in [5.41, 5.74) is 0.331. The number of rotatable bonds is 4. The maximum Gasteiger partial charge on any atom is 0.276 e. The lowest BCUT2D eigenvalue weighted by Gasteiger charge is -2.33. The van der Waals surface area contributed by atoms with Crippen molar-refractivity contribution in [3.05, 3.63) is 29.3 Å². The Morgan fingerprint density at radius 1 is 1.38 bits per heavy atom. The van der Waals surface area contributed by atoms with Crippen molar-refractivity contribution in [2.24, 2.45) is 0 Å². The summed E-state index contributed by atoms with van der Waals surface area (Å²) >= 11 is 1.54. The zero-order valence-corrected chi connectivity index (χ0v) is 12.3. The van der Waals surface area contributed by atoms with Gasteiger partial charge in [0, 0.05) is 38.8 Å². The fraction of sp³-hybridized carbons (Fsp3) is 0.429. The van der Waals surface area contributed by atoms with Gasteiger partial charge in [-0.2, -0.15) is 0 Å². The van der Waals surface area contributed by atoms with Gasteiger partial charge >= 0.3 is 0 Å². The molecular formula is C14H16FN3O2S. The fourth-order valence-electron chi connectivity index (χ4n) is 2.37. The summed E-state index contributed by atoms with van der Waals surface area (Å²) in [6.07, 6.45) is 0. The second-order valence-corrected chi connectivity index (χ2v) is 5.82. The summed E-state index contributed by atoms with van der Waals surface area (Å²) in [6.45, 7) is 2.69. The van der Waals surface area contributed by atoms with Crippen LogP contribution in [0.4, 0.5) is 4.39 Å². The molecule has 1 aliphatic rings. The molecule has 1 amide bonds. The van der Waals surface area contributed by atoms with Crippen molar-refractivity contribution in [1.29, 1.82) is 0 Å². The summed E-state index contributed by atoms with van der Waals surface area (Å²) in [5.74, 6) is 0.492. The predicted molar refractivity (Wildman–Crippen MR) is 78.1 cm³/mol. The predicted octanol–water partition coefficient (Wildman–Crippen LogP) is 2.13. The highest BCUT2D eigenvalue weighted by molar-refractivity contribution is 7.13. The second-order valence-electron chi connectivity index (χ2n) is 4.88. The van der Waals surface area contributed by atoms with Crippen molar-refractivity contribution in [2.75, 3.05) is 39.4 Å². The van der Waals surface area contributed by atoms with Gasteiger partial charge in [0.05, 0.1) is 4.88 Å². The molecule has 0 unspecified atom stereocenters. The van der Waals surface area contributed by atoms with Gasteiger partial charge in [-0.05, 0) is 11.4 Å². The molecule has 2 aromatic heterocycles. The number of piperazine rings is 1. The van der Waals surface area contributed by atoms with E-state index in [4.69, 9.17) is 4.52 Å². The minimum Gasteiger partial charge on any atom is -0.355 e. The highest BCUT2D eigenvalue weighted by atomic mass is 32.1. The van der Waals surface area contributed by atoms with Crippen LogP contribution in [-0.2, 0) is 0 Å². The fourth-order valence-corrected chi connectivity index (χ4v) is 3.04. The van der Waals surface area contributed by atoms with E-state index in [-0.39, 0.29) is 12.6 Å². The maximum atomic E-state index is 12.4. The minimum atomic E-state index is -0.346. The first kappa shape index (κ1) is 14.2. The van der Waals surface area contributed by atoms with E-state index in [0.29, 0.717) is 44.2 Å². The molecule has 2 aromatic rings. The van der Waals surface area contributed by atoms with E-state index in [1.165, 1.54) is 0 Å². The summed E-state index contributed by atoms with van der Waals surface area (Å²) in [6, 6.07) is 5.53. The monoisotopic (exact) mass is 309 g/mol. The van der Waals surface area contributed by atoms with Crippen LogP contribution in [0, 0.1) is 0 Å². The van der Waals surface area contributed by atoms with Crippen molar-refractivity contribution in [2.45, 2.75) is 0 Å². The van der Waals surface area contributed by atoms with E-state index in [2.05, 4.69) is 5.16 Å². The molecule has 0 atom stereocenters. The van der Waals surface area contributed by atoms with E-state index in [0.717, 1.165) is 4.88 Å². The van der Waals surface area contributed by atoms with Crippen molar-refractivity contribution in [3.8, 4) is 10.6 Å². The van der Waals surface area contributed by atoms with E-state index in [1.54, 1.807) is 22.3 Å². The zero-order valence-electron chi connectivity index (χ0n) is 11.5. The van der Waals surface area contributed by atoms with Gasteiger partial charge in [0.25, 0.3) is 5.91 Å². The van der Waals surface area contributed by atoms with Crippen LogP contribution in [-0.4, -0.2) is 60.3 Å². The van der Waals surface area contributed by atoms with Gasteiger partial charge in [-0.25, -0.2) is 4.39 Å². The van der Waals surface area contributed by atoms with E-state index < -0.39 is 0 Å². The third-order valence-electron chi connectivity index (χ3n) is 3.55. The number of aromatic nitrogens is 1. The average Bonchev–Trinajstić information content (AvgIpc) is 3.19. The number of nitrogens with zero attached hydrogens (tertiary/aromatic N) is 3. The lowest BCUT2D eigenvalue weighted by atomic mass is 10.2. The Hall–Kier alpha value is -1.73. The first-order valence-electron chi connectivity index (χ1n) is 6.86. The standard InChI is InChI=1S/C14H16FN3O2S/c15-3-4-17-5-7-18(8-6-17)14(19)11-10-12(20-16-11)13-2-1-9-21-13/h1-2,9-10H,3-8H2. The Balaban J connectivity index is 1.64. The third-order valence-corrected chi connectivity index (χ3v) is 4.44. The lowest BCUT2D eigenvalue weighted by molar-refractivity contribution is 0.0621. The number of halogens is 1. The molecule has 0 aliphatic carbocycles. The number of hydrogen-bond acceptors (Lipinski definition) is 5. The number of alkyl halides is 1. The van der Waals surface area contributed by atoms with Gasteiger partial charge in [-0.1, -0.05) is 11.2 Å². The van der Waals surface area contributed by atoms with Crippen LogP contribution < -0.4 is 0 Å². The molecule has 5 nitrogen and oxygen atoms in total. The first-order valence-corrected chi connectivity index (χ1v) is 7.74. The van der Waals surface area contributed by atoms with E-state index >= 15 is 0 Å². The smallest absolute Gasteiger partial charge is 0.276 e. The molecule has 0 spiro atoms. The van der Waals surface area contributed by atoms with Gasteiger partial charge in [0.1, 0.15) is 6.67 Å². The number of thiophene rings is 1. The molecule has 0 aromatic carbocycles. The molecular weight excluding hydrogens is 293 g/mol. The van der Waals surface area contributed by atoms with Gasteiger partial charge in [0.2, 0.25) is 0 Å². The molecule has 0 saturated carbocycles. The van der Waals surface area contributed by atoms with Crippen molar-refractivity contribution >= 4 is 17.2 Å². The van der Waals surface area contributed by atoms with Crippen LogP contribution in [0.15, 0.2) is 28.1 Å². The normalized spacial score (nSPS) is 16.3. The van der Waals surface area contributed by atoms with Crippen LogP contribution in [0.25, 0.3) is 10.6 Å². The number of hydrogen-bond donors (Lipinski definition) is 0. The van der Waals surface area contributed by atoms with Crippen molar-refractivity contribution in [3.63, 3.8) is 0 Å². The van der Waals surface area contributed by atoms with Gasteiger partial charge in [-0.3, -0.25) is 9.69 Å². The largest absolute Gasteiger partial charge is 0.355 e. The molecule has 0 N–H and O–H groups in total. The molecule has 1 aliphatic heterocycles. The number of carbonyl (C=O) groups excluding carboxylic acids is 1.